The number of pyridine rings is 1. The minimum Gasteiger partial charge on any atom is -0.464 e. The number of para-hydroxylation sites is 1. The molecule has 2 heterocycles. The fourth-order valence-electron chi connectivity index (χ4n) is 2.05. The first-order chi connectivity index (χ1) is 9.69. The first-order valence-electron chi connectivity index (χ1n) is 6.09. The number of nitrogens with zero attached hydrogens (tertiary/aromatic N) is 2. The van der Waals surface area contributed by atoms with Crippen LogP contribution < -0.4 is 0 Å². The molecule has 2 aromatic heterocycles. The Balaban J connectivity index is 2.10. The van der Waals surface area contributed by atoms with Crippen LogP contribution in [0.25, 0.3) is 21.6 Å². The first kappa shape index (κ1) is 12.7. The minimum absolute atomic E-state index is 0.320. The Bertz CT molecular complexity index is 795. The molecule has 0 N–H and O–H groups in total. The van der Waals surface area contributed by atoms with Gasteiger partial charge in [-0.05, 0) is 24.6 Å². The van der Waals surface area contributed by atoms with Gasteiger partial charge in [-0.15, -0.1) is 11.3 Å². The number of benzene rings is 1. The van der Waals surface area contributed by atoms with Crippen LogP contribution in [-0.2, 0) is 4.74 Å². The van der Waals surface area contributed by atoms with E-state index in [0.29, 0.717) is 5.69 Å². The van der Waals surface area contributed by atoms with Crippen molar-refractivity contribution in [3.05, 3.63) is 47.0 Å². The number of carbonyl (C=O) groups is 1. The van der Waals surface area contributed by atoms with Gasteiger partial charge in [0.25, 0.3) is 0 Å². The summed E-state index contributed by atoms with van der Waals surface area (Å²) < 4.78 is 4.66. The van der Waals surface area contributed by atoms with E-state index in [4.69, 9.17) is 0 Å². The van der Waals surface area contributed by atoms with Crippen LogP contribution >= 0.6 is 11.3 Å². The van der Waals surface area contributed by atoms with Crippen LogP contribution in [-0.4, -0.2) is 23.0 Å². The Labute approximate surface area is 120 Å². The molecule has 3 aromatic rings. The number of ether oxygens (including phenoxy) is 1. The molecule has 0 saturated heterocycles. The van der Waals surface area contributed by atoms with Gasteiger partial charge in [0.05, 0.1) is 18.3 Å². The van der Waals surface area contributed by atoms with Crippen molar-refractivity contribution in [2.24, 2.45) is 0 Å². The second-order valence-electron chi connectivity index (χ2n) is 4.37. The molecule has 0 bridgehead atoms. The summed E-state index contributed by atoms with van der Waals surface area (Å²) in [5.41, 5.74) is 3.17. The molecule has 0 unspecified atom stereocenters. The van der Waals surface area contributed by atoms with Gasteiger partial charge >= 0.3 is 5.97 Å². The van der Waals surface area contributed by atoms with Gasteiger partial charge in [-0.25, -0.2) is 14.8 Å². The number of hydrogen-bond donors (Lipinski definition) is 0. The Hall–Kier alpha value is -2.27. The lowest BCUT2D eigenvalue weighted by Crippen LogP contribution is -2.01. The molecule has 0 spiro atoms. The molecular formula is C15H12N2O2S. The van der Waals surface area contributed by atoms with E-state index in [1.807, 2.05) is 37.3 Å². The third-order valence-corrected chi connectivity index (χ3v) is 3.91. The van der Waals surface area contributed by atoms with Gasteiger partial charge in [-0.1, -0.05) is 18.2 Å². The Kier molecular flexibility index (Phi) is 3.20. The van der Waals surface area contributed by atoms with E-state index < -0.39 is 5.97 Å². The Morgan fingerprint density at radius 1 is 1.25 bits per heavy atom. The van der Waals surface area contributed by atoms with Crippen molar-refractivity contribution >= 4 is 28.2 Å². The molecule has 0 atom stereocenters. The van der Waals surface area contributed by atoms with E-state index in [1.165, 1.54) is 18.4 Å². The van der Waals surface area contributed by atoms with E-state index in [-0.39, 0.29) is 0 Å². The van der Waals surface area contributed by atoms with Gasteiger partial charge in [-0.2, -0.15) is 0 Å². The molecule has 0 amide bonds. The predicted octanol–water partition coefficient (Wildman–Crippen LogP) is 3.45. The third kappa shape index (κ3) is 2.16. The quantitative estimate of drug-likeness (QED) is 0.676. The molecule has 5 heteroatoms. The zero-order valence-corrected chi connectivity index (χ0v) is 11.9. The average molecular weight is 284 g/mol. The normalized spacial score (nSPS) is 10.7. The van der Waals surface area contributed by atoms with Crippen LogP contribution in [0.4, 0.5) is 0 Å². The highest BCUT2D eigenvalue weighted by molar-refractivity contribution is 7.13. The summed E-state index contributed by atoms with van der Waals surface area (Å²) in [5, 5.41) is 3.54. The van der Waals surface area contributed by atoms with E-state index in [2.05, 4.69) is 14.7 Å². The topological polar surface area (TPSA) is 52.1 Å². The molecular weight excluding hydrogens is 272 g/mol. The zero-order valence-electron chi connectivity index (χ0n) is 11.1. The van der Waals surface area contributed by atoms with Gasteiger partial charge < -0.3 is 4.74 Å². The molecule has 3 rings (SSSR count). The lowest BCUT2D eigenvalue weighted by atomic mass is 10.1. The largest absolute Gasteiger partial charge is 0.464 e. The van der Waals surface area contributed by atoms with Crippen molar-refractivity contribution in [3.8, 4) is 10.7 Å². The van der Waals surface area contributed by atoms with Crippen LogP contribution in [0, 0.1) is 6.92 Å². The van der Waals surface area contributed by atoms with E-state index in [0.717, 1.165) is 27.2 Å². The lowest BCUT2D eigenvalue weighted by molar-refractivity contribution is 0.0595. The second-order valence-corrected chi connectivity index (χ2v) is 5.23. The maximum atomic E-state index is 11.4. The molecule has 1 aromatic carbocycles. The number of hydrogen-bond acceptors (Lipinski definition) is 5. The zero-order chi connectivity index (χ0) is 14.1. The highest BCUT2D eigenvalue weighted by Gasteiger charge is 2.13. The van der Waals surface area contributed by atoms with Gasteiger partial charge in [0.15, 0.2) is 5.69 Å². The Morgan fingerprint density at radius 2 is 2.05 bits per heavy atom. The van der Waals surface area contributed by atoms with Crippen LogP contribution in [0.1, 0.15) is 16.1 Å². The highest BCUT2D eigenvalue weighted by atomic mass is 32.1. The van der Waals surface area contributed by atoms with Crippen molar-refractivity contribution in [3.63, 3.8) is 0 Å². The summed E-state index contributed by atoms with van der Waals surface area (Å²) in [6, 6.07) is 9.96. The lowest BCUT2D eigenvalue weighted by Gasteiger charge is -2.04. The van der Waals surface area contributed by atoms with Gasteiger partial charge in [0.1, 0.15) is 5.01 Å². The summed E-state index contributed by atoms with van der Waals surface area (Å²) in [4.78, 5) is 20.3. The maximum absolute atomic E-state index is 11.4. The molecule has 0 fully saturated rings. The first-order valence-corrected chi connectivity index (χ1v) is 6.97. The molecule has 0 aliphatic carbocycles. The predicted molar refractivity (Wildman–Crippen MR) is 78.9 cm³/mol. The van der Waals surface area contributed by atoms with E-state index in [1.54, 1.807) is 5.38 Å². The monoisotopic (exact) mass is 284 g/mol. The van der Waals surface area contributed by atoms with Crippen LogP contribution in [0.2, 0.25) is 0 Å². The summed E-state index contributed by atoms with van der Waals surface area (Å²) in [6.07, 6.45) is 0. The van der Waals surface area contributed by atoms with Crippen molar-refractivity contribution < 1.29 is 9.53 Å². The molecule has 0 aliphatic heterocycles. The van der Waals surface area contributed by atoms with Crippen molar-refractivity contribution in [1.82, 2.24) is 9.97 Å². The fourth-order valence-corrected chi connectivity index (χ4v) is 2.80. The van der Waals surface area contributed by atoms with Crippen LogP contribution in [0.3, 0.4) is 0 Å². The second kappa shape index (κ2) is 5.02. The smallest absolute Gasteiger partial charge is 0.357 e. The average Bonchev–Trinajstić information content (AvgIpc) is 2.96. The number of aryl methyl sites for hydroxylation is 1. The van der Waals surface area contributed by atoms with Crippen LogP contribution in [0.5, 0.6) is 0 Å². The maximum Gasteiger partial charge on any atom is 0.357 e. The number of carbonyl (C=O) groups excluding carboxylic acids is 1. The van der Waals surface area contributed by atoms with E-state index in [9.17, 15) is 4.79 Å². The van der Waals surface area contributed by atoms with E-state index >= 15 is 0 Å². The number of methoxy groups -OCH3 is 1. The fraction of sp³-hybridized carbons (Fsp3) is 0.133. The molecule has 20 heavy (non-hydrogen) atoms. The number of fused-ring (bicyclic) bond motifs is 1. The van der Waals surface area contributed by atoms with Crippen LogP contribution in [0.15, 0.2) is 35.7 Å². The summed E-state index contributed by atoms with van der Waals surface area (Å²) in [7, 11) is 1.35. The van der Waals surface area contributed by atoms with Crippen molar-refractivity contribution in [2.75, 3.05) is 7.11 Å². The molecule has 0 saturated carbocycles. The summed E-state index contributed by atoms with van der Waals surface area (Å²) >= 11 is 1.39. The van der Waals surface area contributed by atoms with Gasteiger partial charge in [0, 0.05) is 10.8 Å². The summed E-state index contributed by atoms with van der Waals surface area (Å²) in [6.45, 7) is 2.04. The standard InChI is InChI=1S/C15H12N2O2S/c1-9-7-12(16-11-6-4-3-5-10(9)11)14-17-13(8-20-14)15(18)19-2/h3-8H,1-2H3. The molecule has 100 valence electrons. The summed E-state index contributed by atoms with van der Waals surface area (Å²) in [5.74, 6) is -0.426. The molecule has 0 aliphatic rings. The van der Waals surface area contributed by atoms with Gasteiger partial charge in [0.2, 0.25) is 0 Å². The number of thiazole rings is 1. The number of rotatable bonds is 2. The number of esters is 1. The third-order valence-electron chi connectivity index (χ3n) is 3.04. The minimum atomic E-state index is -0.426. The number of aromatic nitrogens is 2. The molecule has 0 radical (unpaired) electrons. The van der Waals surface area contributed by atoms with Gasteiger partial charge in [-0.3, -0.25) is 0 Å². The highest BCUT2D eigenvalue weighted by Crippen LogP contribution is 2.26. The SMILES string of the molecule is COC(=O)c1csc(-c2cc(C)c3ccccc3n2)n1. The van der Waals surface area contributed by atoms with Crippen molar-refractivity contribution in [1.29, 1.82) is 0 Å². The molecule has 4 nitrogen and oxygen atoms in total. The Morgan fingerprint density at radius 3 is 2.85 bits per heavy atom. The van der Waals surface area contributed by atoms with Crippen molar-refractivity contribution in [2.45, 2.75) is 6.92 Å².